The average Bonchev–Trinajstić information content (AvgIpc) is 2.04. The molecular weight excluding hydrogens is 288 g/mol. The molecule has 7 heteroatoms. The van der Waals surface area contributed by atoms with Gasteiger partial charge in [-0.1, -0.05) is 0 Å². The molecule has 0 bridgehead atoms. The molecule has 0 spiro atoms. The maximum atomic E-state index is 11.2. The molecule has 0 fully saturated rings. The van der Waals surface area contributed by atoms with E-state index in [-0.39, 0.29) is 3.51 Å². The molecule has 0 aromatic heterocycles. The molecule has 0 aliphatic rings. The molecule has 0 saturated carbocycles. The van der Waals surface area contributed by atoms with Crippen molar-refractivity contribution >= 4 is 23.1 Å². The monoisotopic (exact) mass is 293 g/mol. The summed E-state index contributed by atoms with van der Waals surface area (Å²) in [6.07, 6.45) is 0. The van der Waals surface area contributed by atoms with Crippen LogP contribution in [0.5, 0.6) is 0 Å². The minimum atomic E-state index is -5.23. The molecule has 13 heavy (non-hydrogen) atoms. The van der Waals surface area contributed by atoms with E-state index in [1.807, 2.05) is 0 Å². The third-order valence-electron chi connectivity index (χ3n) is 1.26. The van der Waals surface area contributed by atoms with E-state index < -0.39 is 24.7 Å². The first-order chi connectivity index (χ1) is 6.02. The van der Waals surface area contributed by atoms with E-state index in [4.69, 9.17) is 3.39 Å². The molecular formula is C6H6NO5Sb. The zero-order valence-corrected chi connectivity index (χ0v) is 8.91. The van der Waals surface area contributed by atoms with Gasteiger partial charge in [-0.25, -0.2) is 0 Å². The van der Waals surface area contributed by atoms with Gasteiger partial charge >= 0.3 is 78.2 Å². The fourth-order valence-corrected chi connectivity index (χ4v) is 3.11. The Bertz CT molecular complexity index is 351. The Labute approximate surface area is 78.4 Å². The van der Waals surface area contributed by atoms with E-state index >= 15 is 0 Å². The van der Waals surface area contributed by atoms with Gasteiger partial charge in [0.15, 0.2) is 0 Å². The zero-order chi connectivity index (χ0) is 9.90. The molecule has 1 rings (SSSR count). The molecule has 0 amide bonds. The molecule has 0 saturated heterocycles. The van der Waals surface area contributed by atoms with Crippen LogP contribution in [-0.4, -0.2) is 28.1 Å². The maximum absolute atomic E-state index is 11.2. The van der Waals surface area contributed by atoms with Crippen LogP contribution in [0.2, 0.25) is 0 Å². The summed E-state index contributed by atoms with van der Waals surface area (Å²) in [5.74, 6) is 0. The molecule has 0 aliphatic carbocycles. The zero-order valence-electron chi connectivity index (χ0n) is 6.36. The second-order valence-electron chi connectivity index (χ2n) is 2.16. The van der Waals surface area contributed by atoms with Crippen LogP contribution < -0.4 is 3.51 Å². The van der Waals surface area contributed by atoms with Gasteiger partial charge in [0.1, 0.15) is 0 Å². The Morgan fingerprint density at radius 2 is 1.92 bits per heavy atom. The molecule has 0 radical (unpaired) electrons. The van der Waals surface area contributed by atoms with E-state index in [2.05, 4.69) is 3.12 Å². The summed E-state index contributed by atoms with van der Waals surface area (Å²) in [6, 6.07) is 7.30. The van der Waals surface area contributed by atoms with E-state index in [0.717, 1.165) is 0 Å². The number of benzene rings is 1. The van der Waals surface area contributed by atoms with Gasteiger partial charge in [-0.2, -0.15) is 0 Å². The van der Waals surface area contributed by atoms with E-state index in [1.54, 1.807) is 6.07 Å². The SMILES string of the molecule is O=[N+]([O-])[O][Sb](=[O])([OH])[c]1ccccc1. The number of hydrogen-bond donors (Lipinski definition) is 1. The van der Waals surface area contributed by atoms with Crippen molar-refractivity contribution in [1.82, 2.24) is 0 Å². The second kappa shape index (κ2) is 3.81. The second-order valence-corrected chi connectivity index (χ2v) is 7.07. The first kappa shape index (κ1) is 10.1. The number of nitrogens with zero attached hydrogens (tertiary/aromatic N) is 1. The molecule has 6 nitrogen and oxygen atoms in total. The van der Waals surface area contributed by atoms with Gasteiger partial charge in [0.2, 0.25) is 0 Å². The van der Waals surface area contributed by atoms with Gasteiger partial charge in [0, 0.05) is 0 Å². The van der Waals surface area contributed by atoms with Gasteiger partial charge in [-0.3, -0.25) is 0 Å². The van der Waals surface area contributed by atoms with Gasteiger partial charge in [-0.15, -0.1) is 0 Å². The fraction of sp³-hybridized carbons (Fsp3) is 0. The van der Waals surface area contributed by atoms with Crippen LogP contribution in [0.4, 0.5) is 0 Å². The molecule has 1 aromatic carbocycles. The van der Waals surface area contributed by atoms with Crippen LogP contribution in [0.1, 0.15) is 0 Å². The Morgan fingerprint density at radius 3 is 2.38 bits per heavy atom. The normalized spacial score (nSPS) is 14.5. The third kappa shape index (κ3) is 2.75. The van der Waals surface area contributed by atoms with Crippen molar-refractivity contribution in [2.75, 3.05) is 0 Å². The Morgan fingerprint density at radius 1 is 1.38 bits per heavy atom. The molecule has 1 atom stereocenters. The summed E-state index contributed by atoms with van der Waals surface area (Å²) < 4.78 is 24.1. The van der Waals surface area contributed by atoms with Gasteiger partial charge in [-0.05, 0) is 0 Å². The molecule has 70 valence electrons. The minimum absolute atomic E-state index is 0.0160. The Balaban J connectivity index is 2.95. The van der Waals surface area contributed by atoms with Crippen LogP contribution in [0.15, 0.2) is 30.3 Å². The quantitative estimate of drug-likeness (QED) is 0.459. The predicted octanol–water partition coefficient (Wildman–Crippen LogP) is -0.536. The predicted molar refractivity (Wildman–Crippen MR) is 42.8 cm³/mol. The van der Waals surface area contributed by atoms with E-state index in [9.17, 15) is 13.1 Å². The summed E-state index contributed by atoms with van der Waals surface area (Å²) in [4.78, 5) is 9.86. The van der Waals surface area contributed by atoms with E-state index in [1.165, 1.54) is 24.3 Å². The van der Waals surface area contributed by atoms with Crippen LogP contribution >= 0.6 is 0 Å². The molecule has 0 aliphatic heterocycles. The van der Waals surface area contributed by atoms with Gasteiger partial charge < -0.3 is 0 Å². The first-order valence-electron chi connectivity index (χ1n) is 3.25. The summed E-state index contributed by atoms with van der Waals surface area (Å²) >= 11 is -5.23. The van der Waals surface area contributed by atoms with Crippen molar-refractivity contribution in [3.05, 3.63) is 40.4 Å². The standard InChI is InChI=1S/C6H5.NO3.H2O.O.Sb/c1-2-4-6-5-3-1;2-1(3)4;;;/h1-5H;;1H2;;/q;-1;;;+2/p-1. The first-order valence-corrected chi connectivity index (χ1v) is 7.75. The summed E-state index contributed by atoms with van der Waals surface area (Å²) in [7, 11) is 0. The molecule has 1 aromatic rings. The topological polar surface area (TPSA) is 89.7 Å². The molecule has 0 heterocycles. The fourth-order valence-electron chi connectivity index (χ4n) is 0.754. The van der Waals surface area contributed by atoms with Gasteiger partial charge in [0.05, 0.1) is 0 Å². The summed E-state index contributed by atoms with van der Waals surface area (Å²) in [6.45, 7) is 0. The molecule has 1 unspecified atom stereocenters. The number of hydrogen-bond acceptors (Lipinski definition) is 4. The van der Waals surface area contributed by atoms with Crippen LogP contribution in [0.3, 0.4) is 0 Å². The Kier molecular flexibility index (Phi) is 2.95. The van der Waals surface area contributed by atoms with E-state index in [0.29, 0.717) is 0 Å². The van der Waals surface area contributed by atoms with Crippen LogP contribution in [-0.2, 0) is 6.13 Å². The van der Waals surface area contributed by atoms with Crippen molar-refractivity contribution in [3.63, 3.8) is 0 Å². The third-order valence-corrected chi connectivity index (χ3v) is 4.99. The van der Waals surface area contributed by atoms with Crippen LogP contribution in [0, 0.1) is 10.1 Å². The van der Waals surface area contributed by atoms with Crippen molar-refractivity contribution in [3.8, 4) is 0 Å². The van der Waals surface area contributed by atoms with Crippen molar-refractivity contribution < 1.29 is 14.6 Å². The number of rotatable bonds is 3. The van der Waals surface area contributed by atoms with Crippen LogP contribution in [0.25, 0.3) is 0 Å². The summed E-state index contributed by atoms with van der Waals surface area (Å²) in [5, 5.41) is 8.62. The van der Waals surface area contributed by atoms with Gasteiger partial charge in [0.25, 0.3) is 0 Å². The summed E-state index contributed by atoms with van der Waals surface area (Å²) in [5.41, 5.74) is 0. The Hall–Kier alpha value is -1.00. The van der Waals surface area contributed by atoms with Crippen molar-refractivity contribution in [2.45, 2.75) is 0 Å². The van der Waals surface area contributed by atoms with Crippen molar-refractivity contribution in [2.24, 2.45) is 0 Å². The average molecular weight is 294 g/mol. The van der Waals surface area contributed by atoms with Crippen molar-refractivity contribution in [1.29, 1.82) is 0 Å². The molecule has 1 N–H and O–H groups in total.